The molecular weight excluding hydrogens is 393 g/mol. The molecule has 148 valence electrons. The van der Waals surface area contributed by atoms with Crippen LogP contribution in [0.25, 0.3) is 11.4 Å². The Morgan fingerprint density at radius 2 is 1.97 bits per heavy atom. The van der Waals surface area contributed by atoms with Crippen LogP contribution in [0.4, 0.5) is 15.9 Å². The lowest BCUT2D eigenvalue weighted by molar-refractivity contribution is -0.136. The number of hydrogen-bond donors (Lipinski definition) is 1. The number of carboxylic acid groups (broad SMARTS) is 1. The molecule has 0 aliphatic carbocycles. The van der Waals surface area contributed by atoms with Gasteiger partial charge in [-0.15, -0.1) is 0 Å². The molecule has 1 aliphatic rings. The largest absolute Gasteiger partial charge is 0.481 e. The van der Waals surface area contributed by atoms with Gasteiger partial charge in [0.25, 0.3) is 0 Å². The average Bonchev–Trinajstić information content (AvgIpc) is 3.13. The monoisotopic (exact) mass is 411 g/mol. The SMILES string of the molecule is CCc1nc(-c2ccc(F)c(Cl)c2)nc2c1CCN2c1ccc(CC(=O)O)cc1. The van der Waals surface area contributed by atoms with Gasteiger partial charge in [-0.05, 0) is 48.7 Å². The van der Waals surface area contributed by atoms with E-state index in [-0.39, 0.29) is 11.4 Å². The van der Waals surface area contributed by atoms with Crippen LogP contribution in [0.15, 0.2) is 42.5 Å². The number of aryl methyl sites for hydroxylation is 1. The molecule has 29 heavy (non-hydrogen) atoms. The molecule has 2 heterocycles. The summed E-state index contributed by atoms with van der Waals surface area (Å²) in [5.74, 6) is 0.0118. The summed E-state index contributed by atoms with van der Waals surface area (Å²) in [6.07, 6.45) is 1.59. The van der Waals surface area contributed by atoms with E-state index >= 15 is 0 Å². The van der Waals surface area contributed by atoms with Gasteiger partial charge in [0.2, 0.25) is 0 Å². The molecule has 5 nitrogen and oxygen atoms in total. The number of aromatic nitrogens is 2. The molecule has 0 fully saturated rings. The van der Waals surface area contributed by atoms with Crippen molar-refractivity contribution < 1.29 is 14.3 Å². The minimum atomic E-state index is -0.854. The number of aliphatic carboxylic acids is 1. The van der Waals surface area contributed by atoms with Crippen LogP contribution in [0.3, 0.4) is 0 Å². The number of carbonyl (C=O) groups is 1. The molecule has 0 saturated carbocycles. The second kappa shape index (κ2) is 7.79. The fourth-order valence-electron chi connectivity index (χ4n) is 3.60. The fraction of sp³-hybridized carbons (Fsp3) is 0.227. The van der Waals surface area contributed by atoms with E-state index in [9.17, 15) is 9.18 Å². The summed E-state index contributed by atoms with van der Waals surface area (Å²) >= 11 is 5.95. The van der Waals surface area contributed by atoms with Gasteiger partial charge >= 0.3 is 5.97 Å². The number of carboxylic acids is 1. The maximum atomic E-state index is 13.6. The summed E-state index contributed by atoms with van der Waals surface area (Å²) in [5, 5.41) is 8.99. The van der Waals surface area contributed by atoms with E-state index in [4.69, 9.17) is 26.7 Å². The van der Waals surface area contributed by atoms with Gasteiger partial charge in [-0.25, -0.2) is 14.4 Å². The molecule has 1 aromatic heterocycles. The minimum absolute atomic E-state index is 0.00546. The van der Waals surface area contributed by atoms with Gasteiger partial charge in [-0.2, -0.15) is 0 Å². The Hall–Kier alpha value is -2.99. The maximum absolute atomic E-state index is 13.6. The molecule has 4 rings (SSSR count). The van der Waals surface area contributed by atoms with E-state index in [1.807, 2.05) is 31.2 Å². The van der Waals surface area contributed by atoms with Crippen LogP contribution in [0.2, 0.25) is 5.02 Å². The smallest absolute Gasteiger partial charge is 0.307 e. The molecule has 0 radical (unpaired) electrons. The Labute approximate surface area is 172 Å². The van der Waals surface area contributed by atoms with Gasteiger partial charge in [-0.3, -0.25) is 4.79 Å². The van der Waals surface area contributed by atoms with Crippen molar-refractivity contribution in [2.75, 3.05) is 11.4 Å². The Balaban J connectivity index is 1.74. The van der Waals surface area contributed by atoms with E-state index in [0.29, 0.717) is 11.4 Å². The van der Waals surface area contributed by atoms with Crippen molar-refractivity contribution in [2.24, 2.45) is 0 Å². The number of hydrogen-bond acceptors (Lipinski definition) is 4. The zero-order valence-electron chi connectivity index (χ0n) is 15.8. The van der Waals surface area contributed by atoms with E-state index in [1.54, 1.807) is 6.07 Å². The average molecular weight is 412 g/mol. The summed E-state index contributed by atoms with van der Waals surface area (Å²) in [5.41, 5.74) is 4.44. The number of nitrogens with zero attached hydrogens (tertiary/aromatic N) is 3. The van der Waals surface area contributed by atoms with Crippen molar-refractivity contribution in [1.82, 2.24) is 9.97 Å². The Morgan fingerprint density at radius 1 is 1.21 bits per heavy atom. The third-order valence-corrected chi connectivity index (χ3v) is 5.32. The first-order chi connectivity index (χ1) is 14.0. The Morgan fingerprint density at radius 3 is 2.62 bits per heavy atom. The van der Waals surface area contributed by atoms with Crippen molar-refractivity contribution >= 4 is 29.1 Å². The molecule has 1 aliphatic heterocycles. The number of fused-ring (bicyclic) bond motifs is 1. The molecule has 3 aromatic rings. The van der Waals surface area contributed by atoms with Crippen molar-refractivity contribution in [1.29, 1.82) is 0 Å². The molecular formula is C22H19ClFN3O2. The van der Waals surface area contributed by atoms with E-state index < -0.39 is 11.8 Å². The molecule has 0 bridgehead atoms. The third-order valence-electron chi connectivity index (χ3n) is 5.03. The second-order valence-corrected chi connectivity index (χ2v) is 7.32. The highest BCUT2D eigenvalue weighted by molar-refractivity contribution is 6.31. The molecule has 0 spiro atoms. The molecule has 0 amide bonds. The van der Waals surface area contributed by atoms with Crippen LogP contribution in [0.1, 0.15) is 23.7 Å². The summed E-state index contributed by atoms with van der Waals surface area (Å²) in [6.45, 7) is 2.82. The molecule has 0 atom stereocenters. The van der Waals surface area contributed by atoms with Crippen LogP contribution in [0.5, 0.6) is 0 Å². The van der Waals surface area contributed by atoms with E-state index in [1.165, 1.54) is 12.1 Å². The first-order valence-corrected chi connectivity index (χ1v) is 9.77. The molecule has 0 saturated heterocycles. The number of anilines is 2. The third kappa shape index (κ3) is 3.80. The summed E-state index contributed by atoms with van der Waals surface area (Å²) in [4.78, 5) is 22.5. The van der Waals surface area contributed by atoms with Gasteiger partial charge in [0.1, 0.15) is 11.6 Å². The maximum Gasteiger partial charge on any atom is 0.307 e. The zero-order chi connectivity index (χ0) is 20.5. The van der Waals surface area contributed by atoms with Crippen molar-refractivity contribution in [3.8, 4) is 11.4 Å². The lowest BCUT2D eigenvalue weighted by Gasteiger charge is -2.20. The molecule has 0 unspecified atom stereocenters. The number of benzene rings is 2. The summed E-state index contributed by atoms with van der Waals surface area (Å²) in [7, 11) is 0. The quantitative estimate of drug-likeness (QED) is 0.652. The van der Waals surface area contributed by atoms with Crippen molar-refractivity contribution in [2.45, 2.75) is 26.2 Å². The Bertz CT molecular complexity index is 1090. The summed E-state index contributed by atoms with van der Waals surface area (Å²) in [6, 6.07) is 12.0. The highest BCUT2D eigenvalue weighted by Gasteiger charge is 2.26. The standard InChI is InChI=1S/C22H19ClFN3O2/c1-2-19-16-9-10-27(15-6-3-13(4-7-15)11-20(28)29)22(16)26-21(25-19)14-5-8-18(24)17(23)12-14/h3-8,12H,2,9-11H2,1H3,(H,28,29). The van der Waals surface area contributed by atoms with Crippen LogP contribution >= 0.6 is 11.6 Å². The van der Waals surface area contributed by atoms with Gasteiger partial charge in [0.15, 0.2) is 5.82 Å². The zero-order valence-corrected chi connectivity index (χ0v) is 16.6. The number of rotatable bonds is 5. The van der Waals surface area contributed by atoms with Crippen molar-refractivity contribution in [3.05, 3.63) is 70.1 Å². The minimum Gasteiger partial charge on any atom is -0.481 e. The van der Waals surface area contributed by atoms with Crippen LogP contribution in [-0.4, -0.2) is 27.6 Å². The Kier molecular flexibility index (Phi) is 5.20. The number of halogens is 2. The van der Waals surface area contributed by atoms with Gasteiger partial charge in [0.05, 0.1) is 11.4 Å². The van der Waals surface area contributed by atoms with Gasteiger partial charge in [0, 0.05) is 29.1 Å². The van der Waals surface area contributed by atoms with Crippen molar-refractivity contribution in [3.63, 3.8) is 0 Å². The van der Waals surface area contributed by atoms with Crippen LogP contribution < -0.4 is 4.90 Å². The van der Waals surface area contributed by atoms with E-state index in [0.717, 1.165) is 47.7 Å². The first-order valence-electron chi connectivity index (χ1n) is 9.39. The predicted molar refractivity (Wildman–Crippen MR) is 110 cm³/mol. The second-order valence-electron chi connectivity index (χ2n) is 6.92. The lowest BCUT2D eigenvalue weighted by Crippen LogP contribution is -2.15. The fourth-order valence-corrected chi connectivity index (χ4v) is 3.78. The lowest BCUT2D eigenvalue weighted by atomic mass is 10.1. The summed E-state index contributed by atoms with van der Waals surface area (Å²) < 4.78 is 13.6. The van der Waals surface area contributed by atoms with Crippen LogP contribution in [0, 0.1) is 5.82 Å². The highest BCUT2D eigenvalue weighted by Crippen LogP contribution is 2.36. The topological polar surface area (TPSA) is 66.3 Å². The molecule has 1 N–H and O–H groups in total. The van der Waals surface area contributed by atoms with E-state index in [2.05, 4.69) is 4.90 Å². The van der Waals surface area contributed by atoms with Gasteiger partial charge < -0.3 is 10.0 Å². The molecule has 7 heteroatoms. The van der Waals surface area contributed by atoms with Gasteiger partial charge in [-0.1, -0.05) is 30.7 Å². The van der Waals surface area contributed by atoms with Crippen LogP contribution in [-0.2, 0) is 24.1 Å². The predicted octanol–water partition coefficient (Wildman–Crippen LogP) is 4.82. The highest BCUT2D eigenvalue weighted by atomic mass is 35.5. The normalized spacial score (nSPS) is 12.9. The first kappa shape index (κ1) is 19.3. The molecule has 2 aromatic carbocycles.